The van der Waals surface area contributed by atoms with E-state index in [2.05, 4.69) is 24.3 Å². The molecule has 184 valence electrons. The van der Waals surface area contributed by atoms with Crippen LogP contribution < -0.4 is 9.99 Å². The molecule has 1 unspecified atom stereocenters. The third-order valence-corrected chi connectivity index (χ3v) is 9.55. The molecule has 0 spiro atoms. The molecule has 5 nitrogen and oxygen atoms in total. The van der Waals surface area contributed by atoms with Crippen LogP contribution in [-0.2, 0) is 9.98 Å². The van der Waals surface area contributed by atoms with Gasteiger partial charge in [0.05, 0.1) is 6.61 Å². The van der Waals surface area contributed by atoms with Crippen LogP contribution in [0.2, 0.25) is 0 Å². The first kappa shape index (κ1) is 24.0. The van der Waals surface area contributed by atoms with Gasteiger partial charge in [-0.1, -0.05) is 24.3 Å². The first-order valence-corrected chi connectivity index (χ1v) is 14.5. The molecule has 34 heavy (non-hydrogen) atoms. The molecule has 4 aliphatic carbocycles. The number of hydrogen-bond acceptors (Lipinski definition) is 3. The number of ether oxygens (including phenoxy) is 1. The number of unbranched alkanes of at least 4 members (excludes halogenated alkanes) is 2. The molecule has 0 amide bonds. The summed E-state index contributed by atoms with van der Waals surface area (Å²) in [6, 6.07) is 13.6. The Kier molecular flexibility index (Phi) is 6.87. The largest absolute Gasteiger partial charge is 0.493 e. The minimum atomic E-state index is -3.62. The lowest BCUT2D eigenvalue weighted by Crippen LogP contribution is -2.48. The van der Waals surface area contributed by atoms with E-state index < -0.39 is 7.52 Å². The second kappa shape index (κ2) is 9.73. The van der Waals surface area contributed by atoms with Crippen molar-refractivity contribution in [3.63, 3.8) is 0 Å². The topological polar surface area (TPSA) is 78.8 Å². The lowest BCUT2D eigenvalue weighted by Gasteiger charge is -2.57. The summed E-state index contributed by atoms with van der Waals surface area (Å²) in [5.41, 5.74) is 3.28. The van der Waals surface area contributed by atoms with Crippen molar-refractivity contribution in [3.8, 4) is 16.9 Å². The third-order valence-electron chi connectivity index (χ3n) is 8.32. The van der Waals surface area contributed by atoms with Crippen LogP contribution in [0.3, 0.4) is 0 Å². The second-order valence-corrected chi connectivity index (χ2v) is 12.9. The standard InChI is InChI=1S/C27H35FNO4P/c28-26-15-24(33-10-2-1-3-11-34(31,32)29-30)8-9-25(26)22-4-6-23(7-5-22)27-16-19-12-20(17-27)14-21(13-19)18-27/h4-9,15,19-21,30H,1-3,10-14,16-18H2,(H2,29,31,32). The van der Waals surface area contributed by atoms with Gasteiger partial charge in [-0.05, 0) is 104 Å². The second-order valence-electron chi connectivity index (χ2n) is 10.9. The van der Waals surface area contributed by atoms with Crippen molar-refractivity contribution in [2.24, 2.45) is 17.8 Å². The van der Waals surface area contributed by atoms with Crippen LogP contribution in [0.15, 0.2) is 42.5 Å². The van der Waals surface area contributed by atoms with Gasteiger partial charge in [-0.2, -0.15) is 0 Å². The summed E-state index contributed by atoms with van der Waals surface area (Å²) in [5, 5.41) is 10.0. The Balaban J connectivity index is 1.17. The zero-order chi connectivity index (χ0) is 23.8. The Hall–Kier alpha value is -1.72. The average Bonchev–Trinajstić information content (AvgIpc) is 2.81. The lowest BCUT2D eigenvalue weighted by atomic mass is 9.48. The molecule has 2 aromatic carbocycles. The predicted molar refractivity (Wildman–Crippen MR) is 131 cm³/mol. The highest BCUT2D eigenvalue weighted by Crippen LogP contribution is 2.60. The number of benzene rings is 2. The van der Waals surface area contributed by atoms with Gasteiger partial charge in [-0.15, -0.1) is 5.25 Å². The van der Waals surface area contributed by atoms with Gasteiger partial charge in [-0.25, -0.2) is 4.39 Å². The molecule has 7 heteroatoms. The SMILES string of the molecule is O=P(O)(CCCCCOc1ccc(-c2ccc(C34CC5CC(CC(C5)C3)C4)cc2)c(F)c1)NO. The Morgan fingerprint density at radius 2 is 1.62 bits per heavy atom. The van der Waals surface area contributed by atoms with Crippen molar-refractivity contribution < 1.29 is 23.8 Å². The first-order chi connectivity index (χ1) is 16.4. The van der Waals surface area contributed by atoms with Gasteiger partial charge >= 0.3 is 0 Å². The Morgan fingerprint density at radius 1 is 0.971 bits per heavy atom. The summed E-state index contributed by atoms with van der Waals surface area (Å²) in [6.07, 6.45) is 10.2. The maximum atomic E-state index is 14.9. The summed E-state index contributed by atoms with van der Waals surface area (Å²) in [4.78, 5) is 9.26. The van der Waals surface area contributed by atoms with E-state index >= 15 is 0 Å². The zero-order valence-electron chi connectivity index (χ0n) is 19.6. The first-order valence-electron chi connectivity index (χ1n) is 12.6. The van der Waals surface area contributed by atoms with Gasteiger partial charge in [0.25, 0.3) is 7.52 Å². The number of halogens is 1. The minimum absolute atomic E-state index is 0.00841. The molecule has 0 heterocycles. The van der Waals surface area contributed by atoms with Crippen LogP contribution in [0.1, 0.15) is 63.4 Å². The number of nitrogens with one attached hydrogen (secondary N) is 1. The molecule has 0 aromatic heterocycles. The van der Waals surface area contributed by atoms with E-state index in [4.69, 9.17) is 9.94 Å². The van der Waals surface area contributed by atoms with Crippen LogP contribution >= 0.6 is 7.52 Å². The van der Waals surface area contributed by atoms with Gasteiger partial charge in [0.15, 0.2) is 0 Å². The zero-order valence-corrected chi connectivity index (χ0v) is 20.5. The maximum Gasteiger partial charge on any atom is 0.289 e. The summed E-state index contributed by atoms with van der Waals surface area (Å²) >= 11 is 0. The average molecular weight is 488 g/mol. The summed E-state index contributed by atoms with van der Waals surface area (Å²) in [6.45, 7) is 0.404. The van der Waals surface area contributed by atoms with Crippen LogP contribution in [0, 0.1) is 23.6 Å². The van der Waals surface area contributed by atoms with Crippen molar-refractivity contribution in [2.45, 2.75) is 63.2 Å². The smallest absolute Gasteiger partial charge is 0.289 e. The number of hydrogen-bond donors (Lipinski definition) is 3. The molecule has 2 aromatic rings. The molecule has 6 rings (SSSR count). The number of rotatable bonds is 10. The van der Waals surface area contributed by atoms with Gasteiger partial charge in [0.1, 0.15) is 11.6 Å². The maximum absolute atomic E-state index is 14.9. The Labute approximate surface area is 201 Å². The molecular formula is C27H35FNO4P. The quantitative estimate of drug-likeness (QED) is 0.198. The van der Waals surface area contributed by atoms with Crippen molar-refractivity contribution >= 4 is 7.52 Å². The van der Waals surface area contributed by atoms with E-state index in [9.17, 15) is 13.8 Å². The van der Waals surface area contributed by atoms with Crippen molar-refractivity contribution in [3.05, 3.63) is 53.8 Å². The molecule has 4 aliphatic rings. The van der Waals surface area contributed by atoms with E-state index in [0.29, 0.717) is 42.6 Å². The third kappa shape index (κ3) is 5.11. The normalized spacial score (nSPS) is 29.2. The summed E-state index contributed by atoms with van der Waals surface area (Å²) in [7, 11) is -3.62. The molecule has 4 saturated carbocycles. The molecule has 3 N–H and O–H groups in total. The van der Waals surface area contributed by atoms with Crippen LogP contribution in [-0.4, -0.2) is 22.9 Å². The molecule has 0 radical (unpaired) electrons. The Bertz CT molecular complexity index is 1020. The van der Waals surface area contributed by atoms with E-state index in [1.165, 1.54) is 55.4 Å². The monoisotopic (exact) mass is 487 g/mol. The fraction of sp³-hybridized carbons (Fsp3) is 0.556. The van der Waals surface area contributed by atoms with E-state index in [-0.39, 0.29) is 12.0 Å². The fourth-order valence-electron chi connectivity index (χ4n) is 7.13. The molecule has 1 atom stereocenters. The molecular weight excluding hydrogens is 452 g/mol. The van der Waals surface area contributed by atoms with Crippen LogP contribution in [0.4, 0.5) is 4.39 Å². The van der Waals surface area contributed by atoms with Crippen molar-refractivity contribution in [1.29, 1.82) is 0 Å². The molecule has 4 fully saturated rings. The van der Waals surface area contributed by atoms with E-state index in [0.717, 1.165) is 23.3 Å². The van der Waals surface area contributed by atoms with Gasteiger partial charge in [0, 0.05) is 17.8 Å². The molecule has 0 saturated heterocycles. The van der Waals surface area contributed by atoms with Crippen LogP contribution in [0.5, 0.6) is 5.75 Å². The predicted octanol–water partition coefficient (Wildman–Crippen LogP) is 6.67. The molecule has 0 aliphatic heterocycles. The summed E-state index contributed by atoms with van der Waals surface area (Å²) in [5.74, 6) is 2.91. The van der Waals surface area contributed by atoms with Crippen LogP contribution in [0.25, 0.3) is 11.1 Å². The van der Waals surface area contributed by atoms with Gasteiger partial charge in [0.2, 0.25) is 0 Å². The Morgan fingerprint density at radius 3 is 2.21 bits per heavy atom. The van der Waals surface area contributed by atoms with E-state index in [1.807, 2.05) is 0 Å². The van der Waals surface area contributed by atoms with E-state index in [1.54, 1.807) is 12.1 Å². The highest BCUT2D eigenvalue weighted by atomic mass is 31.2. The summed E-state index contributed by atoms with van der Waals surface area (Å²) < 4.78 is 31.8. The van der Waals surface area contributed by atoms with Crippen molar-refractivity contribution in [1.82, 2.24) is 5.25 Å². The fourth-order valence-corrected chi connectivity index (χ4v) is 7.88. The lowest BCUT2D eigenvalue weighted by molar-refractivity contribution is -0.00518. The van der Waals surface area contributed by atoms with Crippen molar-refractivity contribution in [2.75, 3.05) is 12.8 Å². The molecule has 4 bridgehead atoms. The van der Waals surface area contributed by atoms with Gasteiger partial charge in [-0.3, -0.25) is 4.57 Å². The minimum Gasteiger partial charge on any atom is -0.493 e. The highest BCUT2D eigenvalue weighted by Gasteiger charge is 2.51. The van der Waals surface area contributed by atoms with Gasteiger partial charge < -0.3 is 14.8 Å². The highest BCUT2D eigenvalue weighted by molar-refractivity contribution is 7.55.